The zero-order valence-corrected chi connectivity index (χ0v) is 28.7. The fraction of sp³-hybridized carbons (Fsp3) is 0.279. The van der Waals surface area contributed by atoms with Crippen LogP contribution in [-0.4, -0.2) is 57.8 Å². The monoisotopic (exact) mass is 681 g/mol. The van der Waals surface area contributed by atoms with E-state index < -0.39 is 12.0 Å². The Kier molecular flexibility index (Phi) is 12.0. The molecule has 2 saturated heterocycles. The first-order chi connectivity index (χ1) is 25.0. The molecule has 8 nitrogen and oxygen atoms in total. The molecule has 0 bridgehead atoms. The molecule has 3 aliphatic heterocycles. The molecule has 3 heterocycles. The largest absolute Gasteiger partial charge is 0.456 e. The summed E-state index contributed by atoms with van der Waals surface area (Å²) in [6.07, 6.45) is 7.27. The summed E-state index contributed by atoms with van der Waals surface area (Å²) in [6.45, 7) is 0.725. The molecule has 2 unspecified atom stereocenters. The molecule has 4 aromatic carbocycles. The number of hydrogen-bond acceptors (Lipinski definition) is 6. The maximum absolute atomic E-state index is 12.6. The van der Waals surface area contributed by atoms with Gasteiger partial charge in [0.2, 0.25) is 11.8 Å². The van der Waals surface area contributed by atoms with Gasteiger partial charge in [0, 0.05) is 43.6 Å². The molecule has 0 aromatic heterocycles. The van der Waals surface area contributed by atoms with E-state index in [1.54, 1.807) is 29.2 Å². The molecule has 51 heavy (non-hydrogen) atoms. The van der Waals surface area contributed by atoms with E-state index in [0.29, 0.717) is 44.3 Å². The number of allylic oxidation sites excluding steroid dienone is 1. The van der Waals surface area contributed by atoms with Gasteiger partial charge in [-0.2, -0.15) is 0 Å². The molecular weight excluding hydrogens is 638 g/mol. The molecule has 3 aliphatic rings. The number of Topliss-reactive ketones (excluding diaryl/α,β-unsaturated/α-hetero) is 1. The highest BCUT2D eigenvalue weighted by atomic mass is 16.5. The number of aliphatic imine (C=N–C) groups is 1. The molecule has 2 fully saturated rings. The van der Waals surface area contributed by atoms with Gasteiger partial charge in [-0.15, -0.1) is 0 Å². The number of carbonyl (C=O) groups is 4. The molecule has 0 N–H and O–H groups in total. The van der Waals surface area contributed by atoms with Crippen LogP contribution >= 0.6 is 0 Å². The molecular formula is C43H43N3O5. The van der Waals surface area contributed by atoms with Gasteiger partial charge in [0.05, 0.1) is 11.7 Å². The van der Waals surface area contributed by atoms with E-state index in [2.05, 4.69) is 30.3 Å². The minimum Gasteiger partial charge on any atom is -0.456 e. The second-order valence-electron chi connectivity index (χ2n) is 13.0. The Morgan fingerprint density at radius 1 is 0.667 bits per heavy atom. The zero-order chi connectivity index (χ0) is 35.4. The minimum absolute atomic E-state index is 0.0589. The summed E-state index contributed by atoms with van der Waals surface area (Å²) in [5.41, 5.74) is 5.95. The van der Waals surface area contributed by atoms with Gasteiger partial charge in [-0.3, -0.25) is 19.4 Å². The number of esters is 1. The van der Waals surface area contributed by atoms with E-state index in [9.17, 15) is 19.2 Å². The zero-order valence-electron chi connectivity index (χ0n) is 28.7. The van der Waals surface area contributed by atoms with Crippen molar-refractivity contribution in [3.05, 3.63) is 150 Å². The number of ketones is 1. The molecule has 0 spiro atoms. The number of carbonyl (C=O) groups excluding carboxylic acids is 4. The SMILES string of the molecule is O=C(COC(=O)C1CCCC(=O)N1Cc1ccccc1)c1ccccc1.O=C1CCCC(C2=NC(c3ccccc3)=CC2)N1Cc1ccccc1. The molecule has 7 rings (SSSR count). The molecule has 0 aliphatic carbocycles. The summed E-state index contributed by atoms with van der Waals surface area (Å²) >= 11 is 0. The number of amides is 2. The standard InChI is InChI=1S/C22H22N2O.C21H21NO4/c25-22-13-7-12-21(24(22)16-17-8-3-1-4-9-17)20-15-14-19(23-20)18-10-5-2-6-11-18;23-19(17-10-5-2-6-11-17)15-26-21(25)18-12-7-13-20(24)22(18)14-16-8-3-1-4-9-16/h1-6,8-11,14,21H,7,12-13,15-16H2;1-6,8-11,18H,7,12-15H2. The average Bonchev–Trinajstić information content (AvgIpc) is 3.68. The number of rotatable bonds is 10. The van der Waals surface area contributed by atoms with Crippen molar-refractivity contribution in [3.8, 4) is 0 Å². The number of benzene rings is 4. The van der Waals surface area contributed by atoms with Crippen molar-refractivity contribution in [3.63, 3.8) is 0 Å². The summed E-state index contributed by atoms with van der Waals surface area (Å²) in [6, 6.07) is 38.2. The van der Waals surface area contributed by atoms with Crippen LogP contribution in [0.25, 0.3) is 5.70 Å². The highest BCUT2D eigenvalue weighted by molar-refractivity contribution is 6.01. The fourth-order valence-electron chi connectivity index (χ4n) is 6.78. The Hall–Kier alpha value is -5.63. The van der Waals surface area contributed by atoms with Gasteiger partial charge in [-0.1, -0.05) is 127 Å². The van der Waals surface area contributed by atoms with Gasteiger partial charge in [-0.05, 0) is 42.4 Å². The van der Waals surface area contributed by atoms with E-state index >= 15 is 0 Å². The van der Waals surface area contributed by atoms with E-state index in [1.807, 2.05) is 77.7 Å². The van der Waals surface area contributed by atoms with Crippen molar-refractivity contribution < 1.29 is 23.9 Å². The highest BCUT2D eigenvalue weighted by Gasteiger charge is 2.35. The molecule has 0 radical (unpaired) electrons. The average molecular weight is 682 g/mol. The first-order valence-electron chi connectivity index (χ1n) is 17.7. The smallest absolute Gasteiger partial charge is 0.329 e. The van der Waals surface area contributed by atoms with Crippen molar-refractivity contribution in [1.82, 2.24) is 9.80 Å². The quantitative estimate of drug-likeness (QED) is 0.128. The summed E-state index contributed by atoms with van der Waals surface area (Å²) in [5, 5.41) is 0. The normalized spacial score (nSPS) is 18.7. The van der Waals surface area contributed by atoms with Crippen molar-refractivity contribution in [2.24, 2.45) is 4.99 Å². The van der Waals surface area contributed by atoms with Crippen LogP contribution in [0.3, 0.4) is 0 Å². The van der Waals surface area contributed by atoms with Crippen LogP contribution < -0.4 is 0 Å². The summed E-state index contributed by atoms with van der Waals surface area (Å²) in [5.74, 6) is -0.582. The lowest BCUT2D eigenvalue weighted by Gasteiger charge is -2.36. The maximum Gasteiger partial charge on any atom is 0.329 e. The van der Waals surface area contributed by atoms with Crippen molar-refractivity contribution in [2.45, 2.75) is 70.1 Å². The Morgan fingerprint density at radius 3 is 1.82 bits per heavy atom. The maximum atomic E-state index is 12.6. The molecule has 8 heteroatoms. The third-order valence-corrected chi connectivity index (χ3v) is 9.46. The summed E-state index contributed by atoms with van der Waals surface area (Å²) in [4.78, 5) is 58.0. The lowest BCUT2D eigenvalue weighted by molar-refractivity contribution is -0.157. The lowest BCUT2D eigenvalue weighted by Crippen LogP contribution is -2.48. The first-order valence-corrected chi connectivity index (χ1v) is 17.7. The van der Waals surface area contributed by atoms with Crippen LogP contribution in [0.2, 0.25) is 0 Å². The minimum atomic E-state index is -0.639. The number of hydrogen-bond donors (Lipinski definition) is 0. The van der Waals surface area contributed by atoms with Crippen LogP contribution in [0.5, 0.6) is 0 Å². The Morgan fingerprint density at radius 2 is 1.20 bits per heavy atom. The number of nitrogens with zero attached hydrogens (tertiary/aromatic N) is 3. The van der Waals surface area contributed by atoms with Gasteiger partial charge in [-0.25, -0.2) is 4.79 Å². The number of piperidine rings is 2. The summed E-state index contributed by atoms with van der Waals surface area (Å²) in [7, 11) is 0. The summed E-state index contributed by atoms with van der Waals surface area (Å²) < 4.78 is 5.23. The molecule has 4 aromatic rings. The second kappa shape index (κ2) is 17.3. The van der Waals surface area contributed by atoms with Gasteiger partial charge < -0.3 is 14.5 Å². The van der Waals surface area contributed by atoms with E-state index in [1.165, 1.54) is 5.56 Å². The van der Waals surface area contributed by atoms with E-state index in [0.717, 1.165) is 41.8 Å². The molecule has 0 saturated carbocycles. The highest BCUT2D eigenvalue weighted by Crippen LogP contribution is 2.29. The second-order valence-corrected chi connectivity index (χ2v) is 13.0. The van der Waals surface area contributed by atoms with Crippen molar-refractivity contribution in [1.29, 1.82) is 0 Å². The van der Waals surface area contributed by atoms with Crippen LogP contribution in [0, 0.1) is 0 Å². The predicted octanol–water partition coefficient (Wildman–Crippen LogP) is 7.45. The van der Waals surface area contributed by atoms with Crippen LogP contribution in [0.1, 0.15) is 72.0 Å². The topological polar surface area (TPSA) is 96.3 Å². The fourth-order valence-corrected chi connectivity index (χ4v) is 6.78. The van der Waals surface area contributed by atoms with Gasteiger partial charge >= 0.3 is 5.97 Å². The molecule has 2 atom stereocenters. The van der Waals surface area contributed by atoms with Gasteiger partial charge in [0.25, 0.3) is 0 Å². The lowest BCUT2D eigenvalue weighted by atomic mass is 9.95. The van der Waals surface area contributed by atoms with Crippen LogP contribution in [0.15, 0.2) is 132 Å². The first kappa shape index (κ1) is 35.2. The molecule has 2 amide bonds. The van der Waals surface area contributed by atoms with Crippen molar-refractivity contribution in [2.75, 3.05) is 6.61 Å². The predicted molar refractivity (Wildman–Crippen MR) is 197 cm³/mol. The number of likely N-dealkylation sites (tertiary alicyclic amines) is 2. The molecule has 260 valence electrons. The Bertz CT molecular complexity index is 1860. The van der Waals surface area contributed by atoms with Crippen LogP contribution in [0.4, 0.5) is 0 Å². The number of ether oxygens (including phenoxy) is 1. The third-order valence-electron chi connectivity index (χ3n) is 9.46. The van der Waals surface area contributed by atoms with Crippen LogP contribution in [-0.2, 0) is 32.2 Å². The van der Waals surface area contributed by atoms with Gasteiger partial charge in [0.15, 0.2) is 12.4 Å². The Labute approximate surface area is 299 Å². The van der Waals surface area contributed by atoms with E-state index in [-0.39, 0.29) is 30.2 Å². The Balaban J connectivity index is 0.000000176. The van der Waals surface area contributed by atoms with Gasteiger partial charge in [0.1, 0.15) is 6.04 Å². The van der Waals surface area contributed by atoms with Crippen molar-refractivity contribution >= 4 is 35.0 Å². The third kappa shape index (κ3) is 9.34. The van der Waals surface area contributed by atoms with E-state index in [4.69, 9.17) is 9.73 Å².